The van der Waals surface area contributed by atoms with Crippen LogP contribution in [0.15, 0.2) is 48.5 Å². The predicted octanol–water partition coefficient (Wildman–Crippen LogP) is 4.39. The highest BCUT2D eigenvalue weighted by molar-refractivity contribution is 6.31. The zero-order valence-electron chi connectivity index (χ0n) is 12.0. The van der Waals surface area contributed by atoms with Gasteiger partial charge in [0.05, 0.1) is 6.61 Å². The van der Waals surface area contributed by atoms with Crippen LogP contribution in [0.2, 0.25) is 5.02 Å². The van der Waals surface area contributed by atoms with Gasteiger partial charge in [-0.05, 0) is 55.6 Å². The van der Waals surface area contributed by atoms with Crippen LogP contribution in [0, 0.1) is 5.92 Å². The van der Waals surface area contributed by atoms with E-state index in [0.717, 1.165) is 41.6 Å². The van der Waals surface area contributed by atoms with Gasteiger partial charge < -0.3 is 10.1 Å². The number of ether oxygens (including phenoxy) is 1. The molecule has 1 fully saturated rings. The summed E-state index contributed by atoms with van der Waals surface area (Å²) in [6.07, 6.45) is 2.38. The average Bonchev–Trinajstić information content (AvgIpc) is 2.55. The van der Waals surface area contributed by atoms with E-state index in [1.165, 1.54) is 12.8 Å². The number of rotatable bonds is 4. The largest absolute Gasteiger partial charge is 0.493 e. The van der Waals surface area contributed by atoms with E-state index in [2.05, 4.69) is 17.4 Å². The van der Waals surface area contributed by atoms with E-state index in [1.807, 2.05) is 36.4 Å². The Kier molecular flexibility index (Phi) is 4.79. The number of nitrogens with one attached hydrogen (secondary N) is 1. The first kappa shape index (κ1) is 14.4. The van der Waals surface area contributed by atoms with Gasteiger partial charge in [0, 0.05) is 10.6 Å². The molecule has 0 radical (unpaired) electrons. The van der Waals surface area contributed by atoms with Gasteiger partial charge in [-0.15, -0.1) is 0 Å². The molecule has 1 aliphatic rings. The van der Waals surface area contributed by atoms with Crippen molar-refractivity contribution in [2.24, 2.45) is 5.92 Å². The molecule has 0 saturated carbocycles. The molecule has 110 valence electrons. The fourth-order valence-corrected chi connectivity index (χ4v) is 2.90. The van der Waals surface area contributed by atoms with Crippen LogP contribution in [0.3, 0.4) is 0 Å². The molecular formula is C18H20ClNO. The van der Waals surface area contributed by atoms with Crippen molar-refractivity contribution in [3.05, 3.63) is 53.6 Å². The summed E-state index contributed by atoms with van der Waals surface area (Å²) in [5.74, 6) is 1.56. The minimum atomic E-state index is 0.644. The minimum absolute atomic E-state index is 0.644. The molecule has 0 aromatic heterocycles. The molecule has 3 rings (SSSR count). The highest BCUT2D eigenvalue weighted by atomic mass is 35.5. The SMILES string of the molecule is Clc1ccc(OCC2CCNCC2)c(-c2ccccc2)c1. The number of hydrogen-bond acceptors (Lipinski definition) is 2. The molecule has 2 aromatic carbocycles. The average molecular weight is 302 g/mol. The van der Waals surface area contributed by atoms with Crippen LogP contribution in [0.25, 0.3) is 11.1 Å². The molecule has 21 heavy (non-hydrogen) atoms. The molecule has 0 atom stereocenters. The zero-order valence-corrected chi connectivity index (χ0v) is 12.8. The lowest BCUT2D eigenvalue weighted by Crippen LogP contribution is -2.30. The second kappa shape index (κ2) is 6.97. The Morgan fingerprint density at radius 3 is 2.57 bits per heavy atom. The zero-order chi connectivity index (χ0) is 14.5. The van der Waals surface area contributed by atoms with Crippen molar-refractivity contribution in [2.45, 2.75) is 12.8 Å². The lowest BCUT2D eigenvalue weighted by Gasteiger charge is -2.23. The molecule has 2 aromatic rings. The van der Waals surface area contributed by atoms with Crippen LogP contribution in [0.4, 0.5) is 0 Å². The predicted molar refractivity (Wildman–Crippen MR) is 88.0 cm³/mol. The van der Waals surface area contributed by atoms with Gasteiger partial charge in [-0.3, -0.25) is 0 Å². The summed E-state index contributed by atoms with van der Waals surface area (Å²) in [6.45, 7) is 2.98. The maximum Gasteiger partial charge on any atom is 0.127 e. The third kappa shape index (κ3) is 3.78. The summed E-state index contributed by atoms with van der Waals surface area (Å²) >= 11 is 6.15. The lowest BCUT2D eigenvalue weighted by molar-refractivity contribution is 0.216. The number of hydrogen-bond donors (Lipinski definition) is 1. The standard InChI is InChI=1S/C18H20ClNO/c19-16-6-7-18(21-13-14-8-10-20-11-9-14)17(12-16)15-4-2-1-3-5-15/h1-7,12,14,20H,8-11,13H2. The van der Waals surface area contributed by atoms with E-state index in [-0.39, 0.29) is 0 Å². The summed E-state index contributed by atoms with van der Waals surface area (Å²) in [5, 5.41) is 4.12. The van der Waals surface area contributed by atoms with E-state index in [0.29, 0.717) is 5.92 Å². The number of benzene rings is 2. The quantitative estimate of drug-likeness (QED) is 0.904. The third-order valence-electron chi connectivity index (χ3n) is 3.96. The Morgan fingerprint density at radius 2 is 1.81 bits per heavy atom. The minimum Gasteiger partial charge on any atom is -0.493 e. The van der Waals surface area contributed by atoms with Crippen molar-refractivity contribution in [1.82, 2.24) is 5.32 Å². The van der Waals surface area contributed by atoms with Crippen molar-refractivity contribution in [2.75, 3.05) is 19.7 Å². The summed E-state index contributed by atoms with van der Waals surface area (Å²) in [6, 6.07) is 16.1. The van der Waals surface area contributed by atoms with Gasteiger partial charge >= 0.3 is 0 Å². The third-order valence-corrected chi connectivity index (χ3v) is 4.19. The first-order chi connectivity index (χ1) is 10.3. The second-order valence-electron chi connectivity index (χ2n) is 5.51. The molecule has 0 spiro atoms. The van der Waals surface area contributed by atoms with E-state index < -0.39 is 0 Å². The van der Waals surface area contributed by atoms with Gasteiger partial charge in [0.25, 0.3) is 0 Å². The monoisotopic (exact) mass is 301 g/mol. The molecule has 3 heteroatoms. The second-order valence-corrected chi connectivity index (χ2v) is 5.95. The van der Waals surface area contributed by atoms with Crippen LogP contribution in [0.5, 0.6) is 5.75 Å². The Morgan fingerprint density at radius 1 is 1.05 bits per heavy atom. The summed E-state index contributed by atoms with van der Waals surface area (Å²) in [5.41, 5.74) is 2.21. The fraction of sp³-hybridized carbons (Fsp3) is 0.333. The molecule has 1 heterocycles. The van der Waals surface area contributed by atoms with Gasteiger partial charge in [-0.25, -0.2) is 0 Å². The lowest BCUT2D eigenvalue weighted by atomic mass is 9.99. The van der Waals surface area contributed by atoms with Gasteiger partial charge in [-0.1, -0.05) is 41.9 Å². The van der Waals surface area contributed by atoms with Crippen molar-refractivity contribution >= 4 is 11.6 Å². The summed E-state index contributed by atoms with van der Waals surface area (Å²) in [7, 11) is 0. The highest BCUT2D eigenvalue weighted by Crippen LogP contribution is 2.33. The first-order valence-electron chi connectivity index (χ1n) is 7.51. The van der Waals surface area contributed by atoms with E-state index in [9.17, 15) is 0 Å². The molecule has 1 N–H and O–H groups in total. The van der Waals surface area contributed by atoms with E-state index >= 15 is 0 Å². The number of halogens is 1. The van der Waals surface area contributed by atoms with Crippen LogP contribution >= 0.6 is 11.6 Å². The van der Waals surface area contributed by atoms with E-state index in [4.69, 9.17) is 16.3 Å². The van der Waals surface area contributed by atoms with Gasteiger partial charge in [0.2, 0.25) is 0 Å². The maximum absolute atomic E-state index is 6.15. The Bertz CT molecular complexity index is 579. The van der Waals surface area contributed by atoms with Gasteiger partial charge in [0.15, 0.2) is 0 Å². The van der Waals surface area contributed by atoms with Crippen LogP contribution in [0.1, 0.15) is 12.8 Å². The highest BCUT2D eigenvalue weighted by Gasteiger charge is 2.15. The van der Waals surface area contributed by atoms with Gasteiger partial charge in [-0.2, -0.15) is 0 Å². The Labute approximate surface area is 131 Å². The normalized spacial score (nSPS) is 15.9. The molecular weight excluding hydrogens is 282 g/mol. The van der Waals surface area contributed by atoms with Gasteiger partial charge in [0.1, 0.15) is 5.75 Å². The smallest absolute Gasteiger partial charge is 0.127 e. The van der Waals surface area contributed by atoms with Crippen molar-refractivity contribution in [3.63, 3.8) is 0 Å². The Hall–Kier alpha value is -1.51. The van der Waals surface area contributed by atoms with E-state index in [1.54, 1.807) is 0 Å². The Balaban J connectivity index is 1.78. The first-order valence-corrected chi connectivity index (χ1v) is 7.89. The molecule has 1 aliphatic heterocycles. The number of piperidine rings is 1. The van der Waals surface area contributed by atoms with Crippen LogP contribution in [-0.4, -0.2) is 19.7 Å². The summed E-state index contributed by atoms with van der Waals surface area (Å²) in [4.78, 5) is 0. The summed E-state index contributed by atoms with van der Waals surface area (Å²) < 4.78 is 6.10. The topological polar surface area (TPSA) is 21.3 Å². The van der Waals surface area contributed by atoms with Crippen molar-refractivity contribution in [1.29, 1.82) is 0 Å². The fourth-order valence-electron chi connectivity index (χ4n) is 2.73. The van der Waals surface area contributed by atoms with Crippen LogP contribution in [-0.2, 0) is 0 Å². The molecule has 1 saturated heterocycles. The molecule has 0 amide bonds. The van der Waals surface area contributed by atoms with Crippen LogP contribution < -0.4 is 10.1 Å². The van der Waals surface area contributed by atoms with Crippen molar-refractivity contribution < 1.29 is 4.74 Å². The van der Waals surface area contributed by atoms with Crippen molar-refractivity contribution in [3.8, 4) is 16.9 Å². The molecule has 0 aliphatic carbocycles. The molecule has 2 nitrogen and oxygen atoms in total. The molecule has 0 bridgehead atoms. The maximum atomic E-state index is 6.15. The molecule has 0 unspecified atom stereocenters.